The van der Waals surface area contributed by atoms with Gasteiger partial charge < -0.3 is 10.2 Å². The van der Waals surface area contributed by atoms with E-state index in [1.807, 2.05) is 0 Å². The second-order valence-electron chi connectivity index (χ2n) is 5.82. The third-order valence-electron chi connectivity index (χ3n) is 4.65. The van der Waals surface area contributed by atoms with E-state index >= 15 is 0 Å². The Morgan fingerprint density at radius 1 is 0.708 bits per heavy atom. The van der Waals surface area contributed by atoms with Crippen LogP contribution in [0.4, 0.5) is 0 Å². The quantitative estimate of drug-likeness (QED) is 0.848. The molecular weight excluding hydrogens is 351 g/mol. The first-order valence-electron chi connectivity index (χ1n) is 7.38. The SMILES string of the molecule is O=C(O)C1C(c2ccccc2Cl)C(C(=O)O)C1c1ccccc1Cl. The molecule has 2 aromatic rings. The molecule has 0 radical (unpaired) electrons. The lowest BCUT2D eigenvalue weighted by molar-refractivity contribution is -0.159. The standard InChI is InChI=1S/C18H14Cl2O4/c19-11-7-3-1-5-9(11)13-15(17(21)22)14(16(13)18(23)24)10-6-2-4-8-12(10)20/h1-8,13-16H,(H,21,22)(H,23,24). The number of carbonyl (C=O) groups is 2. The van der Waals surface area contributed by atoms with Crippen LogP contribution in [-0.4, -0.2) is 22.2 Å². The molecule has 1 aliphatic rings. The zero-order valence-electron chi connectivity index (χ0n) is 12.4. The van der Waals surface area contributed by atoms with E-state index in [1.54, 1.807) is 48.5 Å². The predicted octanol–water partition coefficient (Wildman–Crippen LogP) is 4.28. The Morgan fingerprint density at radius 2 is 1.04 bits per heavy atom. The molecule has 3 rings (SSSR count). The van der Waals surface area contributed by atoms with Gasteiger partial charge in [0.2, 0.25) is 0 Å². The van der Waals surface area contributed by atoms with E-state index < -0.39 is 35.6 Å². The molecule has 2 N–H and O–H groups in total. The van der Waals surface area contributed by atoms with Gasteiger partial charge >= 0.3 is 11.9 Å². The van der Waals surface area contributed by atoms with Gasteiger partial charge in [-0.05, 0) is 23.3 Å². The second-order valence-corrected chi connectivity index (χ2v) is 6.64. The average molecular weight is 365 g/mol. The number of rotatable bonds is 4. The zero-order chi connectivity index (χ0) is 17.4. The maximum absolute atomic E-state index is 11.9. The third kappa shape index (κ3) is 2.66. The number of benzene rings is 2. The molecule has 0 saturated heterocycles. The summed E-state index contributed by atoms with van der Waals surface area (Å²) < 4.78 is 0. The van der Waals surface area contributed by atoms with E-state index in [1.165, 1.54) is 0 Å². The minimum Gasteiger partial charge on any atom is -0.481 e. The lowest BCUT2D eigenvalue weighted by Gasteiger charge is -2.48. The molecule has 1 saturated carbocycles. The van der Waals surface area contributed by atoms with Gasteiger partial charge in [0, 0.05) is 21.9 Å². The fourth-order valence-electron chi connectivity index (χ4n) is 3.63. The number of hydrogen-bond donors (Lipinski definition) is 2. The van der Waals surface area contributed by atoms with Crippen LogP contribution >= 0.6 is 23.2 Å². The van der Waals surface area contributed by atoms with Crippen molar-refractivity contribution in [3.05, 3.63) is 69.7 Å². The Balaban J connectivity index is 2.11. The van der Waals surface area contributed by atoms with Crippen LogP contribution in [0.2, 0.25) is 10.0 Å². The highest BCUT2D eigenvalue weighted by Crippen LogP contribution is 2.59. The van der Waals surface area contributed by atoms with Crippen LogP contribution in [0.3, 0.4) is 0 Å². The van der Waals surface area contributed by atoms with Gasteiger partial charge in [0.05, 0.1) is 11.8 Å². The van der Waals surface area contributed by atoms with Crippen molar-refractivity contribution in [2.24, 2.45) is 11.8 Å². The summed E-state index contributed by atoms with van der Waals surface area (Å²) in [6.07, 6.45) is 0. The van der Waals surface area contributed by atoms with E-state index in [-0.39, 0.29) is 0 Å². The molecule has 0 amide bonds. The highest BCUT2D eigenvalue weighted by molar-refractivity contribution is 6.32. The third-order valence-corrected chi connectivity index (χ3v) is 5.33. The van der Waals surface area contributed by atoms with Crippen LogP contribution in [0, 0.1) is 11.8 Å². The van der Waals surface area contributed by atoms with Crippen molar-refractivity contribution in [2.75, 3.05) is 0 Å². The van der Waals surface area contributed by atoms with Gasteiger partial charge in [-0.1, -0.05) is 59.6 Å². The molecule has 0 aromatic heterocycles. The van der Waals surface area contributed by atoms with Crippen molar-refractivity contribution >= 4 is 35.1 Å². The van der Waals surface area contributed by atoms with Gasteiger partial charge in [-0.15, -0.1) is 0 Å². The van der Waals surface area contributed by atoms with Crippen LogP contribution in [0.25, 0.3) is 0 Å². The summed E-state index contributed by atoms with van der Waals surface area (Å²) in [6, 6.07) is 13.5. The van der Waals surface area contributed by atoms with Gasteiger partial charge in [-0.25, -0.2) is 0 Å². The number of hydrogen-bond acceptors (Lipinski definition) is 2. The molecule has 0 aliphatic heterocycles. The molecule has 1 fully saturated rings. The van der Waals surface area contributed by atoms with E-state index in [9.17, 15) is 19.8 Å². The van der Waals surface area contributed by atoms with Gasteiger partial charge in [0.1, 0.15) is 0 Å². The molecule has 0 heterocycles. The number of carboxylic acids is 2. The summed E-state index contributed by atoms with van der Waals surface area (Å²) in [5.74, 6) is -5.30. The molecule has 0 bridgehead atoms. The normalized spacial score (nSPS) is 25.8. The summed E-state index contributed by atoms with van der Waals surface area (Å²) in [6.45, 7) is 0. The lowest BCUT2D eigenvalue weighted by Crippen LogP contribution is -2.51. The minimum atomic E-state index is -1.05. The molecule has 2 aromatic carbocycles. The molecule has 0 spiro atoms. The van der Waals surface area contributed by atoms with Crippen LogP contribution in [0.15, 0.2) is 48.5 Å². The summed E-state index contributed by atoms with van der Waals surface area (Å²) in [5, 5.41) is 20.1. The molecule has 6 heteroatoms. The first-order valence-corrected chi connectivity index (χ1v) is 8.13. The topological polar surface area (TPSA) is 74.6 Å². The van der Waals surface area contributed by atoms with Crippen LogP contribution < -0.4 is 0 Å². The molecule has 124 valence electrons. The highest BCUT2D eigenvalue weighted by Gasteiger charge is 2.59. The Hall–Kier alpha value is -2.04. The van der Waals surface area contributed by atoms with E-state index in [0.717, 1.165) is 0 Å². The zero-order valence-corrected chi connectivity index (χ0v) is 13.9. The Kier molecular flexibility index (Phi) is 4.52. The maximum atomic E-state index is 11.9. The van der Waals surface area contributed by atoms with Crippen LogP contribution in [0.1, 0.15) is 23.0 Å². The van der Waals surface area contributed by atoms with E-state index in [4.69, 9.17) is 23.2 Å². The first-order chi connectivity index (χ1) is 11.4. The molecule has 1 aliphatic carbocycles. The van der Waals surface area contributed by atoms with Crippen LogP contribution in [-0.2, 0) is 9.59 Å². The molecule has 4 nitrogen and oxygen atoms in total. The van der Waals surface area contributed by atoms with Gasteiger partial charge in [-0.2, -0.15) is 0 Å². The number of aliphatic carboxylic acids is 2. The largest absolute Gasteiger partial charge is 0.481 e. The minimum absolute atomic E-state index is 0.373. The highest BCUT2D eigenvalue weighted by atomic mass is 35.5. The summed E-state index contributed by atoms with van der Waals surface area (Å²) in [4.78, 5) is 23.7. The van der Waals surface area contributed by atoms with Gasteiger partial charge in [0.25, 0.3) is 0 Å². The average Bonchev–Trinajstić information content (AvgIpc) is 2.49. The number of halogens is 2. The molecule has 24 heavy (non-hydrogen) atoms. The summed E-state index contributed by atoms with van der Waals surface area (Å²) in [7, 11) is 0. The van der Waals surface area contributed by atoms with Crippen molar-refractivity contribution in [2.45, 2.75) is 11.8 Å². The molecule has 0 atom stereocenters. The van der Waals surface area contributed by atoms with Crippen molar-refractivity contribution < 1.29 is 19.8 Å². The van der Waals surface area contributed by atoms with Crippen molar-refractivity contribution in [3.63, 3.8) is 0 Å². The molecule has 0 unspecified atom stereocenters. The van der Waals surface area contributed by atoms with E-state index in [2.05, 4.69) is 0 Å². The van der Waals surface area contributed by atoms with Crippen molar-refractivity contribution in [1.82, 2.24) is 0 Å². The Labute approximate surface area is 148 Å². The maximum Gasteiger partial charge on any atom is 0.307 e. The van der Waals surface area contributed by atoms with Gasteiger partial charge in [-0.3, -0.25) is 9.59 Å². The predicted molar refractivity (Wildman–Crippen MR) is 90.6 cm³/mol. The smallest absolute Gasteiger partial charge is 0.307 e. The summed E-state index contributed by atoms with van der Waals surface area (Å²) in [5.41, 5.74) is 1.09. The monoisotopic (exact) mass is 364 g/mol. The second kappa shape index (κ2) is 6.46. The van der Waals surface area contributed by atoms with Crippen molar-refractivity contribution in [1.29, 1.82) is 0 Å². The summed E-state index contributed by atoms with van der Waals surface area (Å²) >= 11 is 12.4. The molecular formula is C18H14Cl2O4. The fourth-order valence-corrected chi connectivity index (χ4v) is 4.15. The van der Waals surface area contributed by atoms with Gasteiger partial charge in [0.15, 0.2) is 0 Å². The van der Waals surface area contributed by atoms with E-state index in [0.29, 0.717) is 21.2 Å². The Bertz CT molecular complexity index is 730. The Morgan fingerprint density at radius 3 is 1.33 bits per heavy atom. The number of carboxylic acid groups (broad SMARTS) is 2. The fraction of sp³-hybridized carbons (Fsp3) is 0.222. The van der Waals surface area contributed by atoms with Crippen molar-refractivity contribution in [3.8, 4) is 0 Å². The van der Waals surface area contributed by atoms with Crippen LogP contribution in [0.5, 0.6) is 0 Å². The lowest BCUT2D eigenvalue weighted by atomic mass is 9.52. The first kappa shape index (κ1) is 16.8.